The number of cyclic esters (lactones) is 1. The van der Waals surface area contributed by atoms with Crippen LogP contribution in [0.3, 0.4) is 0 Å². The number of ether oxygens (including phenoxy) is 1. The van der Waals surface area contributed by atoms with Crippen molar-refractivity contribution in [3.05, 3.63) is 48.0 Å². The van der Waals surface area contributed by atoms with Crippen molar-refractivity contribution >= 4 is 17.7 Å². The van der Waals surface area contributed by atoms with Crippen LogP contribution in [-0.4, -0.2) is 49.3 Å². The van der Waals surface area contributed by atoms with E-state index in [2.05, 4.69) is 21.7 Å². The minimum atomic E-state index is -0.574. The fourth-order valence-corrected chi connectivity index (χ4v) is 5.04. The van der Waals surface area contributed by atoms with Gasteiger partial charge in [-0.25, -0.2) is 9.18 Å². The number of aromatic nitrogens is 1. The Morgan fingerprint density at radius 1 is 1.36 bits per heavy atom. The number of nitrogens with one attached hydrogen (secondary N) is 2. The van der Waals surface area contributed by atoms with E-state index in [4.69, 9.17) is 4.74 Å². The van der Waals surface area contributed by atoms with Gasteiger partial charge in [0.1, 0.15) is 17.3 Å². The molecule has 3 aliphatic rings. The van der Waals surface area contributed by atoms with Gasteiger partial charge in [0.05, 0.1) is 30.5 Å². The predicted molar refractivity (Wildman–Crippen MR) is 118 cm³/mol. The third-order valence-electron chi connectivity index (χ3n) is 6.94. The van der Waals surface area contributed by atoms with Gasteiger partial charge < -0.3 is 15.4 Å². The number of carbonyl (C=O) groups is 2. The summed E-state index contributed by atoms with van der Waals surface area (Å²) in [6, 6.07) is 10.6. The van der Waals surface area contributed by atoms with E-state index in [1.54, 1.807) is 31.3 Å². The van der Waals surface area contributed by atoms with Crippen molar-refractivity contribution in [1.29, 1.82) is 5.26 Å². The summed E-state index contributed by atoms with van der Waals surface area (Å²) in [6.45, 7) is 3.83. The number of pyridine rings is 1. The highest BCUT2D eigenvalue weighted by atomic mass is 19.1. The second kappa shape index (κ2) is 8.12. The van der Waals surface area contributed by atoms with Crippen LogP contribution in [0.1, 0.15) is 19.0 Å². The predicted octanol–water partition coefficient (Wildman–Crippen LogP) is 2.35. The lowest BCUT2D eigenvalue weighted by atomic mass is 9.96. The Balaban J connectivity index is 1.30. The molecule has 0 bridgehead atoms. The molecule has 0 radical (unpaired) electrons. The first-order chi connectivity index (χ1) is 16.0. The zero-order valence-corrected chi connectivity index (χ0v) is 18.2. The summed E-state index contributed by atoms with van der Waals surface area (Å²) in [5.41, 5.74) is 1.56. The summed E-state index contributed by atoms with van der Waals surface area (Å²) in [6.07, 6.45) is 0.889. The zero-order chi connectivity index (χ0) is 23.2. The van der Waals surface area contributed by atoms with E-state index in [0.29, 0.717) is 23.2 Å². The van der Waals surface area contributed by atoms with Crippen molar-refractivity contribution in [3.8, 4) is 17.2 Å². The molecule has 8 nitrogen and oxygen atoms in total. The van der Waals surface area contributed by atoms with E-state index in [-0.39, 0.29) is 30.8 Å². The van der Waals surface area contributed by atoms with Crippen molar-refractivity contribution in [1.82, 2.24) is 15.6 Å². The number of amides is 2. The maximum absolute atomic E-state index is 15.0. The lowest BCUT2D eigenvalue weighted by Gasteiger charge is -2.15. The fraction of sp³-hybridized carbons (Fsp3) is 0.417. The summed E-state index contributed by atoms with van der Waals surface area (Å²) in [7, 11) is 0. The molecule has 0 spiro atoms. The SMILES string of the molecule is CCC(=O)NC[C@H]1CN(c2ccc(-c3ccc(C4(C#N)[C@@H]5CNC[C@@H]54)nc3)c(F)c2)C(=O)O1. The second-order valence-electron chi connectivity index (χ2n) is 8.72. The number of halogens is 1. The topological polar surface area (TPSA) is 107 Å². The minimum Gasteiger partial charge on any atom is -0.442 e. The van der Waals surface area contributed by atoms with Crippen LogP contribution in [-0.2, 0) is 14.9 Å². The van der Waals surface area contributed by atoms with Crippen molar-refractivity contribution in [2.75, 3.05) is 31.1 Å². The fourth-order valence-electron chi connectivity index (χ4n) is 5.04. The average molecular weight is 449 g/mol. The number of carbonyl (C=O) groups excluding carboxylic acids is 2. The standard InChI is InChI=1S/C24H24FN5O3/c1-2-22(31)29-9-16-12-30(23(32)33-16)15-4-5-17(20(25)7-15)14-3-6-21(28-8-14)24(13-26)18-10-27-11-19(18)24/h3-8,16,18-19,27H,2,9-12H2,1H3,(H,29,31)/t16-,18-,19+,24?/m0/s1. The minimum absolute atomic E-state index is 0.123. The van der Waals surface area contributed by atoms with Gasteiger partial charge in [0.2, 0.25) is 5.91 Å². The van der Waals surface area contributed by atoms with E-state index in [9.17, 15) is 19.2 Å². The second-order valence-corrected chi connectivity index (χ2v) is 8.72. The Morgan fingerprint density at radius 2 is 2.15 bits per heavy atom. The van der Waals surface area contributed by atoms with Crippen LogP contribution in [0.4, 0.5) is 14.9 Å². The van der Waals surface area contributed by atoms with E-state index in [1.165, 1.54) is 11.0 Å². The number of nitrogens with zero attached hydrogens (tertiary/aromatic N) is 3. The summed E-state index contributed by atoms with van der Waals surface area (Å²) >= 11 is 0. The average Bonchev–Trinajstić information content (AvgIpc) is 3.13. The van der Waals surface area contributed by atoms with E-state index >= 15 is 0 Å². The van der Waals surface area contributed by atoms with Gasteiger partial charge >= 0.3 is 6.09 Å². The third-order valence-corrected chi connectivity index (χ3v) is 6.94. The van der Waals surface area contributed by atoms with Gasteiger partial charge in [-0.15, -0.1) is 0 Å². The molecule has 170 valence electrons. The first kappa shape index (κ1) is 21.3. The number of piperidine rings is 1. The number of hydrogen-bond donors (Lipinski definition) is 2. The Labute approximate surface area is 190 Å². The van der Waals surface area contributed by atoms with E-state index in [1.807, 2.05) is 6.07 Å². The van der Waals surface area contributed by atoms with Crippen LogP contribution in [0.15, 0.2) is 36.5 Å². The van der Waals surface area contributed by atoms with Gasteiger partial charge in [0.25, 0.3) is 0 Å². The molecule has 1 saturated carbocycles. The number of rotatable bonds is 6. The molecule has 33 heavy (non-hydrogen) atoms. The van der Waals surface area contributed by atoms with Gasteiger partial charge in [0, 0.05) is 48.7 Å². The van der Waals surface area contributed by atoms with Crippen LogP contribution in [0.2, 0.25) is 0 Å². The number of fused-ring (bicyclic) bond motifs is 1. The largest absolute Gasteiger partial charge is 0.442 e. The van der Waals surface area contributed by atoms with Crippen molar-refractivity contribution in [2.45, 2.75) is 24.9 Å². The molecular weight excluding hydrogens is 425 g/mol. The Kier molecular flexibility index (Phi) is 5.25. The molecule has 9 heteroatoms. The lowest BCUT2D eigenvalue weighted by molar-refractivity contribution is -0.121. The van der Waals surface area contributed by atoms with Gasteiger partial charge in [-0.05, 0) is 24.3 Å². The molecule has 4 atom stereocenters. The molecule has 2 saturated heterocycles. The highest BCUT2D eigenvalue weighted by Gasteiger charge is 2.69. The summed E-state index contributed by atoms with van der Waals surface area (Å²) in [5, 5.41) is 15.7. The maximum Gasteiger partial charge on any atom is 0.414 e. The smallest absolute Gasteiger partial charge is 0.414 e. The first-order valence-electron chi connectivity index (χ1n) is 11.1. The molecule has 1 aliphatic carbocycles. The highest BCUT2D eigenvalue weighted by Crippen LogP contribution is 2.60. The molecule has 5 rings (SSSR count). The van der Waals surface area contributed by atoms with Gasteiger partial charge in [-0.3, -0.25) is 14.7 Å². The summed E-state index contributed by atoms with van der Waals surface area (Å²) < 4.78 is 20.3. The molecular formula is C24H24FN5O3. The molecule has 2 aromatic rings. The summed E-state index contributed by atoms with van der Waals surface area (Å²) in [4.78, 5) is 29.5. The van der Waals surface area contributed by atoms with E-state index < -0.39 is 23.4 Å². The van der Waals surface area contributed by atoms with Crippen LogP contribution in [0, 0.1) is 29.0 Å². The van der Waals surface area contributed by atoms with Gasteiger partial charge in [-0.1, -0.05) is 13.0 Å². The third kappa shape index (κ3) is 3.51. The summed E-state index contributed by atoms with van der Waals surface area (Å²) in [5.74, 6) is -0.0331. The lowest BCUT2D eigenvalue weighted by Crippen LogP contribution is -2.34. The quantitative estimate of drug-likeness (QED) is 0.701. The Hall–Kier alpha value is -3.51. The number of hydrogen-bond acceptors (Lipinski definition) is 6. The molecule has 2 amide bonds. The van der Waals surface area contributed by atoms with Gasteiger partial charge in [-0.2, -0.15) is 5.26 Å². The number of benzene rings is 1. The molecule has 2 N–H and O–H groups in total. The molecule has 3 fully saturated rings. The first-order valence-corrected chi connectivity index (χ1v) is 11.1. The monoisotopic (exact) mass is 449 g/mol. The number of anilines is 1. The number of nitriles is 1. The van der Waals surface area contributed by atoms with Crippen molar-refractivity contribution in [2.24, 2.45) is 11.8 Å². The van der Waals surface area contributed by atoms with Crippen LogP contribution >= 0.6 is 0 Å². The molecule has 3 heterocycles. The van der Waals surface area contributed by atoms with Gasteiger partial charge in [0.15, 0.2) is 0 Å². The normalized spacial score (nSPS) is 27.6. The zero-order valence-electron chi connectivity index (χ0n) is 18.2. The van der Waals surface area contributed by atoms with Crippen molar-refractivity contribution in [3.63, 3.8) is 0 Å². The van der Waals surface area contributed by atoms with Crippen LogP contribution < -0.4 is 15.5 Å². The van der Waals surface area contributed by atoms with Crippen molar-refractivity contribution < 1.29 is 18.7 Å². The molecule has 1 aromatic heterocycles. The molecule has 1 unspecified atom stereocenters. The van der Waals surface area contributed by atoms with Crippen LogP contribution in [0.25, 0.3) is 11.1 Å². The molecule has 1 aromatic carbocycles. The van der Waals surface area contributed by atoms with E-state index in [0.717, 1.165) is 18.8 Å². The highest BCUT2D eigenvalue weighted by molar-refractivity contribution is 5.90. The maximum atomic E-state index is 15.0. The Morgan fingerprint density at radius 3 is 2.79 bits per heavy atom. The van der Waals surface area contributed by atoms with Crippen LogP contribution in [0.5, 0.6) is 0 Å². The molecule has 2 aliphatic heterocycles. The Bertz CT molecular complexity index is 1140.